The molecule has 3 N–H and O–H groups in total. The number of allylic oxidation sites excluding steroid dienone is 18. The Bertz CT molecular complexity index is 2040. The molecule has 0 spiro atoms. The first-order valence-electron chi connectivity index (χ1n) is 26.9. The molecule has 12 nitrogen and oxygen atoms in total. The minimum absolute atomic E-state index is 0.0672. The van der Waals surface area contributed by atoms with E-state index in [0.29, 0.717) is 98.2 Å². The van der Waals surface area contributed by atoms with E-state index in [1.165, 1.54) is 54.1 Å². The van der Waals surface area contributed by atoms with Crippen LogP contribution in [-0.2, 0) is 42.9 Å². The van der Waals surface area contributed by atoms with E-state index < -0.39 is 6.04 Å². The number of hydrogen-bond donors (Lipinski definition) is 3. The number of carbonyl (C=O) groups excluding carboxylic acids is 4. The number of unbranched alkanes of at least 4 members (excludes halogenated alkanes) is 1. The molecule has 0 fully saturated rings. The number of Topliss-reactive ketones (excluding diaryl/α,β-unsaturated/α-hetero) is 1. The predicted octanol–water partition coefficient (Wildman–Crippen LogP) is 11.4. The molecule has 0 bridgehead atoms. The van der Waals surface area contributed by atoms with Gasteiger partial charge in [-0.1, -0.05) is 111 Å². The molecule has 0 saturated heterocycles. The van der Waals surface area contributed by atoms with Gasteiger partial charge in [-0.3, -0.25) is 19.2 Å². The number of hydrogen-bond acceptors (Lipinski definition) is 9. The van der Waals surface area contributed by atoms with Crippen molar-refractivity contribution in [3.63, 3.8) is 0 Å². The molecule has 408 valence electrons. The van der Waals surface area contributed by atoms with E-state index in [-0.39, 0.29) is 47.2 Å². The first-order valence-corrected chi connectivity index (χ1v) is 26.9. The van der Waals surface area contributed by atoms with Crippen molar-refractivity contribution in [2.45, 2.75) is 152 Å². The molecule has 0 heterocycles. The van der Waals surface area contributed by atoms with Gasteiger partial charge in [-0.2, -0.15) is 0 Å². The number of ketones is 1. The number of ether oxygens (including phenoxy) is 5. The van der Waals surface area contributed by atoms with Crippen LogP contribution >= 0.6 is 0 Å². The molecule has 0 saturated carbocycles. The fraction of sp³-hybridized carbons (Fsp3) is 0.607. The third kappa shape index (κ3) is 29.7. The molecular weight excluding hydrogens is 919 g/mol. The molecule has 0 aromatic rings. The highest BCUT2D eigenvalue weighted by atomic mass is 16.5. The zero-order valence-electron chi connectivity index (χ0n) is 46.9. The molecule has 0 aliphatic heterocycles. The highest BCUT2D eigenvalue weighted by Crippen LogP contribution is 2.42. The van der Waals surface area contributed by atoms with E-state index in [1.807, 2.05) is 44.2 Å². The highest BCUT2D eigenvalue weighted by Gasteiger charge is 2.27. The van der Waals surface area contributed by atoms with Crippen molar-refractivity contribution in [2.24, 2.45) is 10.8 Å². The van der Waals surface area contributed by atoms with Gasteiger partial charge in [0.1, 0.15) is 0 Å². The summed E-state index contributed by atoms with van der Waals surface area (Å²) in [5.74, 6) is -0.683. The second kappa shape index (κ2) is 37.1. The Kier molecular flexibility index (Phi) is 32.7. The number of methoxy groups -OCH3 is 1. The Morgan fingerprint density at radius 1 is 0.562 bits per heavy atom. The van der Waals surface area contributed by atoms with Gasteiger partial charge in [0, 0.05) is 51.8 Å². The minimum atomic E-state index is -0.677. The Morgan fingerprint density at radius 2 is 1.07 bits per heavy atom. The Morgan fingerprint density at radius 3 is 1.62 bits per heavy atom. The van der Waals surface area contributed by atoms with Crippen LogP contribution in [0, 0.1) is 10.8 Å². The number of carbonyl (C=O) groups is 4. The van der Waals surface area contributed by atoms with Crippen molar-refractivity contribution in [3.05, 3.63) is 117 Å². The van der Waals surface area contributed by atoms with E-state index in [9.17, 15) is 19.2 Å². The molecule has 3 amide bonds. The number of rotatable bonds is 36. The average molecular weight is 1010 g/mol. The van der Waals surface area contributed by atoms with Crippen LogP contribution in [0.15, 0.2) is 117 Å². The maximum absolute atomic E-state index is 13.5. The molecule has 2 aliphatic rings. The summed E-state index contributed by atoms with van der Waals surface area (Å²) < 4.78 is 26.9. The van der Waals surface area contributed by atoms with Crippen molar-refractivity contribution in [2.75, 3.05) is 79.7 Å². The van der Waals surface area contributed by atoms with Gasteiger partial charge < -0.3 is 39.6 Å². The minimum Gasteiger partial charge on any atom is -0.382 e. The van der Waals surface area contributed by atoms with Crippen molar-refractivity contribution >= 4 is 23.5 Å². The van der Waals surface area contributed by atoms with Crippen LogP contribution in [0.1, 0.15) is 146 Å². The average Bonchev–Trinajstić information content (AvgIpc) is 3.31. The van der Waals surface area contributed by atoms with Gasteiger partial charge in [0.15, 0.2) is 5.78 Å². The van der Waals surface area contributed by atoms with Gasteiger partial charge in [0.25, 0.3) is 0 Å². The van der Waals surface area contributed by atoms with Crippen molar-refractivity contribution in [1.82, 2.24) is 16.0 Å². The Labute approximate surface area is 441 Å². The summed E-state index contributed by atoms with van der Waals surface area (Å²) >= 11 is 0. The standard InChI is InChI=1S/C61H95N3O9/c1-47(27-29-53-51(5)23-16-32-60(53,7)8)19-14-21-49(3)45-58(67)62-34-13-12-25-55(64-59(68)46-50(4)22-15-20-48(2)28-30-54-52(6)24-17-33-61(54,9)10)56(65)26-18-36-70-41-43-72-38-35-63-57(66)31-37-71-42-44-73-40-39-69-11/h14-15,19-22,27-30,45-46,55H,12-13,16-18,23-26,31-44H2,1-11H3,(H,62,67)(H,63,66)(H,64,68)/b21-14+,22-15+,29-27+,30-28+,47-19+,48-20+,49-45+,50-46+/t55-/m1/s1. The number of amides is 3. The van der Waals surface area contributed by atoms with E-state index in [2.05, 4.69) is 102 Å². The normalized spacial score (nSPS) is 17.4. The molecule has 2 aliphatic carbocycles. The Balaban J connectivity index is 1.87. The van der Waals surface area contributed by atoms with Gasteiger partial charge in [0.2, 0.25) is 17.7 Å². The summed E-state index contributed by atoms with van der Waals surface area (Å²) in [6.07, 6.45) is 33.7. The molecule has 12 heteroatoms. The van der Waals surface area contributed by atoms with Gasteiger partial charge >= 0.3 is 0 Å². The fourth-order valence-corrected chi connectivity index (χ4v) is 8.86. The maximum Gasteiger partial charge on any atom is 0.244 e. The van der Waals surface area contributed by atoms with Crippen LogP contribution in [0.5, 0.6) is 0 Å². The quantitative estimate of drug-likeness (QED) is 0.0317. The third-order valence-electron chi connectivity index (χ3n) is 13.1. The van der Waals surface area contributed by atoms with Crippen LogP contribution in [0.25, 0.3) is 0 Å². The van der Waals surface area contributed by atoms with Gasteiger partial charge in [-0.05, 0) is 139 Å². The monoisotopic (exact) mass is 1010 g/mol. The van der Waals surface area contributed by atoms with E-state index in [0.717, 1.165) is 35.1 Å². The molecule has 0 aromatic heterocycles. The second-order valence-electron chi connectivity index (χ2n) is 20.8. The Hall–Kier alpha value is -4.72. The topological polar surface area (TPSA) is 151 Å². The lowest BCUT2D eigenvalue weighted by molar-refractivity contribution is -0.126. The van der Waals surface area contributed by atoms with Gasteiger partial charge in [0.05, 0.1) is 58.9 Å². The zero-order valence-corrected chi connectivity index (χ0v) is 46.9. The summed E-state index contributed by atoms with van der Waals surface area (Å²) in [7, 11) is 1.62. The van der Waals surface area contributed by atoms with Crippen LogP contribution in [0.2, 0.25) is 0 Å². The summed E-state index contributed by atoms with van der Waals surface area (Å²) in [4.78, 5) is 51.6. The van der Waals surface area contributed by atoms with Crippen LogP contribution in [0.3, 0.4) is 0 Å². The van der Waals surface area contributed by atoms with Crippen molar-refractivity contribution in [1.29, 1.82) is 0 Å². The highest BCUT2D eigenvalue weighted by molar-refractivity contribution is 5.94. The summed E-state index contributed by atoms with van der Waals surface area (Å²) in [6, 6.07) is -0.677. The lowest BCUT2D eigenvalue weighted by Gasteiger charge is -2.33. The molecule has 73 heavy (non-hydrogen) atoms. The first kappa shape index (κ1) is 64.4. The lowest BCUT2D eigenvalue weighted by Crippen LogP contribution is -2.40. The van der Waals surface area contributed by atoms with Gasteiger partial charge in [-0.25, -0.2) is 0 Å². The molecule has 0 unspecified atom stereocenters. The lowest BCUT2D eigenvalue weighted by atomic mass is 9.72. The SMILES string of the molecule is COCCOCCOCCC(=O)NCCOCCOCCCC(=O)[C@@H](CCCCNC(=O)/C=C(C)/C=C/C=C(C)/C=C/C1=C(C)CCCC1(C)C)NC(=O)/C=C(C)/C=C/C=C(C)/C=C/C1=C(C)CCCC1(C)C. The van der Waals surface area contributed by atoms with E-state index in [4.69, 9.17) is 23.7 Å². The molecule has 2 rings (SSSR count). The third-order valence-corrected chi connectivity index (χ3v) is 13.1. The first-order chi connectivity index (χ1) is 34.8. The molecule has 0 radical (unpaired) electrons. The zero-order chi connectivity index (χ0) is 53.9. The summed E-state index contributed by atoms with van der Waals surface area (Å²) in [6.45, 7) is 26.2. The molecule has 0 aromatic carbocycles. The van der Waals surface area contributed by atoms with Crippen LogP contribution in [0.4, 0.5) is 0 Å². The molecular formula is C61H95N3O9. The fourth-order valence-electron chi connectivity index (χ4n) is 8.86. The summed E-state index contributed by atoms with van der Waals surface area (Å²) in [5, 5.41) is 8.73. The maximum atomic E-state index is 13.5. The molecule has 1 atom stereocenters. The smallest absolute Gasteiger partial charge is 0.244 e. The van der Waals surface area contributed by atoms with Crippen molar-refractivity contribution in [3.8, 4) is 0 Å². The van der Waals surface area contributed by atoms with Gasteiger partial charge in [-0.15, -0.1) is 0 Å². The van der Waals surface area contributed by atoms with E-state index in [1.54, 1.807) is 13.2 Å². The number of nitrogens with one attached hydrogen (secondary N) is 3. The van der Waals surface area contributed by atoms with Crippen molar-refractivity contribution < 1.29 is 42.9 Å². The van der Waals surface area contributed by atoms with Crippen LogP contribution in [-0.4, -0.2) is 109 Å². The largest absolute Gasteiger partial charge is 0.382 e. The van der Waals surface area contributed by atoms with Crippen LogP contribution < -0.4 is 16.0 Å². The summed E-state index contributed by atoms with van der Waals surface area (Å²) in [5.41, 5.74) is 10.0. The van der Waals surface area contributed by atoms with E-state index >= 15 is 0 Å². The predicted molar refractivity (Wildman–Crippen MR) is 298 cm³/mol. The second-order valence-corrected chi connectivity index (χ2v) is 20.8.